The minimum atomic E-state index is -0.318. The van der Waals surface area contributed by atoms with Crippen LogP contribution in [0.1, 0.15) is 5.56 Å². The number of hydrogen-bond donors (Lipinski definition) is 2. The predicted molar refractivity (Wildman–Crippen MR) is 108 cm³/mol. The summed E-state index contributed by atoms with van der Waals surface area (Å²) >= 11 is 13.8. The van der Waals surface area contributed by atoms with Gasteiger partial charge in [-0.05, 0) is 18.1 Å². The Labute approximate surface area is 165 Å². The maximum Gasteiger partial charge on any atom is 0.229 e. The summed E-state index contributed by atoms with van der Waals surface area (Å²) in [5.74, 6) is -0.445. The van der Waals surface area contributed by atoms with E-state index in [0.717, 1.165) is 11.1 Å². The Hall–Kier alpha value is -1.86. The number of nitrogens with zero attached hydrogens (tertiary/aromatic N) is 2. The van der Waals surface area contributed by atoms with Crippen LogP contribution in [-0.4, -0.2) is 22.2 Å². The first kappa shape index (κ1) is 18.9. The molecule has 0 radical (unpaired) electrons. The normalized spacial score (nSPS) is 12.2. The van der Waals surface area contributed by atoms with Crippen LogP contribution in [0.4, 0.5) is 5.00 Å². The van der Waals surface area contributed by atoms with Gasteiger partial charge in [0.1, 0.15) is 4.34 Å². The Morgan fingerprint density at radius 3 is 2.69 bits per heavy atom. The van der Waals surface area contributed by atoms with Gasteiger partial charge < -0.3 is 11.1 Å². The number of thiophene rings is 1. The van der Waals surface area contributed by atoms with Gasteiger partial charge in [0.2, 0.25) is 5.91 Å². The van der Waals surface area contributed by atoms with E-state index in [9.17, 15) is 4.79 Å². The van der Waals surface area contributed by atoms with Crippen LogP contribution in [0.15, 0.2) is 42.6 Å². The molecule has 2 aromatic heterocycles. The van der Waals surface area contributed by atoms with Gasteiger partial charge in [0.15, 0.2) is 0 Å². The number of halogens is 2. The molecule has 3 rings (SSSR count). The summed E-state index contributed by atoms with van der Waals surface area (Å²) in [7, 11) is 1.79. The summed E-state index contributed by atoms with van der Waals surface area (Å²) in [6.07, 6.45) is 2.15. The van der Waals surface area contributed by atoms with Gasteiger partial charge >= 0.3 is 0 Å². The number of carbonyl (C=O) groups excluding carboxylic acids is 1. The van der Waals surface area contributed by atoms with Crippen molar-refractivity contribution in [2.45, 2.75) is 6.42 Å². The second kappa shape index (κ2) is 8.22. The molecule has 0 fully saturated rings. The largest absolute Gasteiger partial charge is 0.330 e. The summed E-state index contributed by atoms with van der Waals surface area (Å²) in [6.45, 7) is 0.264. The van der Waals surface area contributed by atoms with Gasteiger partial charge in [-0.3, -0.25) is 9.48 Å². The molecule has 3 aromatic rings. The van der Waals surface area contributed by atoms with Crippen molar-refractivity contribution in [1.82, 2.24) is 9.78 Å². The maximum atomic E-state index is 12.6. The van der Waals surface area contributed by atoms with Crippen LogP contribution in [0.5, 0.6) is 0 Å². The zero-order chi connectivity index (χ0) is 18.7. The van der Waals surface area contributed by atoms with Crippen molar-refractivity contribution in [2.75, 3.05) is 11.9 Å². The van der Waals surface area contributed by atoms with Crippen LogP contribution in [0.25, 0.3) is 11.3 Å². The van der Waals surface area contributed by atoms with Crippen LogP contribution in [-0.2, 0) is 18.3 Å². The van der Waals surface area contributed by atoms with Gasteiger partial charge in [-0.1, -0.05) is 53.5 Å². The van der Waals surface area contributed by atoms with E-state index in [1.54, 1.807) is 17.9 Å². The second-order valence-electron chi connectivity index (χ2n) is 5.87. The van der Waals surface area contributed by atoms with Gasteiger partial charge in [-0.2, -0.15) is 5.10 Å². The van der Waals surface area contributed by atoms with E-state index in [-0.39, 0.29) is 18.4 Å². The van der Waals surface area contributed by atoms with Gasteiger partial charge in [-0.15, -0.1) is 11.3 Å². The first-order chi connectivity index (χ1) is 12.5. The number of nitrogens with two attached hydrogens (primary N) is 1. The fourth-order valence-electron chi connectivity index (χ4n) is 2.71. The molecule has 0 saturated heterocycles. The number of aryl methyl sites for hydroxylation is 1. The van der Waals surface area contributed by atoms with Gasteiger partial charge in [0.05, 0.1) is 27.8 Å². The Bertz CT molecular complexity index is 888. The van der Waals surface area contributed by atoms with Crippen molar-refractivity contribution in [3.05, 3.63) is 57.5 Å². The first-order valence-electron chi connectivity index (χ1n) is 8.01. The summed E-state index contributed by atoms with van der Waals surface area (Å²) in [5, 5.41) is 8.20. The van der Waals surface area contributed by atoms with E-state index in [1.807, 2.05) is 36.4 Å². The SMILES string of the molecule is Cn1ncc(Cl)c1-c1cc(NC(=O)C(CN)Cc2ccccc2)sc1Cl. The quantitative estimate of drug-likeness (QED) is 0.641. The van der Waals surface area contributed by atoms with Gasteiger partial charge in [0.25, 0.3) is 0 Å². The molecule has 1 amide bonds. The summed E-state index contributed by atoms with van der Waals surface area (Å²) < 4.78 is 2.19. The third-order valence-corrected chi connectivity index (χ3v) is 5.61. The summed E-state index contributed by atoms with van der Waals surface area (Å²) in [4.78, 5) is 12.6. The van der Waals surface area contributed by atoms with Crippen molar-refractivity contribution < 1.29 is 4.79 Å². The number of rotatable bonds is 6. The molecular formula is C18H18Cl2N4OS. The molecule has 1 aromatic carbocycles. The molecule has 0 aliphatic rings. The van der Waals surface area contributed by atoms with E-state index in [1.165, 1.54) is 11.3 Å². The lowest BCUT2D eigenvalue weighted by atomic mass is 9.99. The van der Waals surface area contributed by atoms with Crippen LogP contribution in [0, 0.1) is 5.92 Å². The smallest absolute Gasteiger partial charge is 0.229 e. The molecule has 0 aliphatic carbocycles. The number of anilines is 1. The molecular weight excluding hydrogens is 391 g/mol. The number of benzene rings is 1. The van der Waals surface area contributed by atoms with E-state index < -0.39 is 0 Å². The molecule has 8 heteroatoms. The monoisotopic (exact) mass is 408 g/mol. The van der Waals surface area contributed by atoms with Crippen molar-refractivity contribution in [2.24, 2.45) is 18.7 Å². The Kier molecular flexibility index (Phi) is 5.98. The molecule has 0 aliphatic heterocycles. The highest BCUT2D eigenvalue weighted by Gasteiger charge is 2.21. The molecule has 2 heterocycles. The van der Waals surface area contributed by atoms with Crippen LogP contribution in [0.3, 0.4) is 0 Å². The molecule has 3 N–H and O–H groups in total. The summed E-state index contributed by atoms with van der Waals surface area (Å²) in [5.41, 5.74) is 8.34. The number of amides is 1. The Morgan fingerprint density at radius 2 is 2.08 bits per heavy atom. The Balaban J connectivity index is 1.76. The molecule has 5 nitrogen and oxygen atoms in total. The van der Waals surface area contributed by atoms with Crippen molar-refractivity contribution in [3.63, 3.8) is 0 Å². The van der Waals surface area contributed by atoms with Crippen molar-refractivity contribution >= 4 is 45.4 Å². The third kappa shape index (κ3) is 4.10. The fourth-order valence-corrected chi connectivity index (χ4v) is 4.16. The first-order valence-corrected chi connectivity index (χ1v) is 9.59. The highest BCUT2D eigenvalue weighted by molar-refractivity contribution is 7.20. The number of nitrogens with one attached hydrogen (secondary N) is 1. The number of aromatic nitrogens is 2. The molecule has 1 unspecified atom stereocenters. The highest BCUT2D eigenvalue weighted by Crippen LogP contribution is 2.41. The molecule has 0 spiro atoms. The third-order valence-electron chi connectivity index (χ3n) is 4.06. The van der Waals surface area contributed by atoms with Gasteiger partial charge in [-0.25, -0.2) is 0 Å². The lowest BCUT2D eigenvalue weighted by Crippen LogP contribution is -2.30. The topological polar surface area (TPSA) is 72.9 Å². The summed E-state index contributed by atoms with van der Waals surface area (Å²) in [6, 6.07) is 11.6. The van der Waals surface area contributed by atoms with E-state index in [0.29, 0.717) is 26.5 Å². The standard InChI is InChI=1S/C18H18Cl2N4OS/c1-24-16(14(19)10-22-24)13-8-15(26-17(13)20)23-18(25)12(9-21)7-11-5-3-2-4-6-11/h2-6,8,10,12H,7,9,21H2,1H3,(H,23,25). The predicted octanol–water partition coefficient (Wildman–Crippen LogP) is 4.21. The molecule has 0 bridgehead atoms. The molecule has 136 valence electrons. The minimum Gasteiger partial charge on any atom is -0.330 e. The zero-order valence-electron chi connectivity index (χ0n) is 14.1. The maximum absolute atomic E-state index is 12.6. The average Bonchev–Trinajstić information content (AvgIpc) is 3.14. The van der Waals surface area contributed by atoms with E-state index in [4.69, 9.17) is 28.9 Å². The number of carbonyl (C=O) groups is 1. The molecule has 0 saturated carbocycles. The van der Waals surface area contributed by atoms with Crippen molar-refractivity contribution in [1.29, 1.82) is 0 Å². The Morgan fingerprint density at radius 1 is 1.35 bits per heavy atom. The minimum absolute atomic E-state index is 0.128. The highest BCUT2D eigenvalue weighted by atomic mass is 35.5. The van der Waals surface area contributed by atoms with Crippen LogP contribution < -0.4 is 11.1 Å². The average molecular weight is 409 g/mol. The second-order valence-corrected chi connectivity index (χ2v) is 7.94. The number of hydrogen-bond acceptors (Lipinski definition) is 4. The van der Waals surface area contributed by atoms with Crippen LogP contribution >= 0.6 is 34.5 Å². The lowest BCUT2D eigenvalue weighted by Gasteiger charge is -2.14. The van der Waals surface area contributed by atoms with Gasteiger partial charge in [0, 0.05) is 19.2 Å². The zero-order valence-corrected chi connectivity index (χ0v) is 16.4. The van der Waals surface area contributed by atoms with Crippen LogP contribution in [0.2, 0.25) is 9.36 Å². The molecule has 1 atom stereocenters. The van der Waals surface area contributed by atoms with E-state index >= 15 is 0 Å². The van der Waals surface area contributed by atoms with E-state index in [2.05, 4.69) is 10.4 Å². The molecule has 26 heavy (non-hydrogen) atoms. The van der Waals surface area contributed by atoms with Crippen molar-refractivity contribution in [3.8, 4) is 11.3 Å². The lowest BCUT2D eigenvalue weighted by molar-refractivity contribution is -0.119. The fraction of sp³-hybridized carbons (Fsp3) is 0.222.